The molecule has 0 saturated heterocycles. The Kier molecular flexibility index (Phi) is 3.25. The molecule has 0 fully saturated rings. The fraction of sp³-hybridized carbons (Fsp3) is 0.263. The first kappa shape index (κ1) is 12.2. The molecule has 0 heterocycles. The molecule has 3 rings (SSSR count). The van der Waals surface area contributed by atoms with E-state index in [0.717, 1.165) is 12.8 Å². The molecular weight excluding hydrogens is 228 g/mol. The van der Waals surface area contributed by atoms with Gasteiger partial charge >= 0.3 is 0 Å². The molecule has 0 saturated carbocycles. The van der Waals surface area contributed by atoms with Crippen LogP contribution in [0.2, 0.25) is 0 Å². The second kappa shape index (κ2) is 5.05. The first-order valence-electron chi connectivity index (χ1n) is 7.24. The zero-order chi connectivity index (χ0) is 13.2. The summed E-state index contributed by atoms with van der Waals surface area (Å²) in [6.07, 6.45) is 6.91. The number of allylic oxidation sites excluding steroid dienone is 1. The van der Waals surface area contributed by atoms with Gasteiger partial charge in [-0.25, -0.2) is 0 Å². The molecule has 96 valence electrons. The van der Waals surface area contributed by atoms with Crippen LogP contribution in [-0.2, 0) is 6.42 Å². The third-order valence-corrected chi connectivity index (χ3v) is 4.14. The van der Waals surface area contributed by atoms with Gasteiger partial charge in [0.05, 0.1) is 0 Å². The summed E-state index contributed by atoms with van der Waals surface area (Å²) in [6.45, 7) is 4.52. The summed E-state index contributed by atoms with van der Waals surface area (Å²) in [5.41, 5.74) is 7.16. The molecule has 2 aromatic rings. The number of fused-ring (bicyclic) bond motifs is 3. The van der Waals surface area contributed by atoms with Crippen molar-refractivity contribution in [3.05, 3.63) is 65.2 Å². The predicted molar refractivity (Wildman–Crippen MR) is 83.3 cm³/mol. The van der Waals surface area contributed by atoms with E-state index in [9.17, 15) is 0 Å². The fourth-order valence-corrected chi connectivity index (χ4v) is 3.10. The zero-order valence-corrected chi connectivity index (χ0v) is 11.7. The minimum atomic E-state index is 0.536. The summed E-state index contributed by atoms with van der Waals surface area (Å²) < 4.78 is 0. The quantitative estimate of drug-likeness (QED) is 0.664. The Labute approximate surface area is 115 Å². The Bertz CT molecular complexity index is 620. The summed E-state index contributed by atoms with van der Waals surface area (Å²) in [5, 5.41) is 0. The molecule has 1 unspecified atom stereocenters. The van der Waals surface area contributed by atoms with E-state index < -0.39 is 0 Å². The van der Waals surface area contributed by atoms with Gasteiger partial charge < -0.3 is 0 Å². The monoisotopic (exact) mass is 248 g/mol. The van der Waals surface area contributed by atoms with Crippen molar-refractivity contribution in [3.63, 3.8) is 0 Å². The Morgan fingerprint density at radius 1 is 0.947 bits per heavy atom. The molecular formula is C19H20. The first-order valence-corrected chi connectivity index (χ1v) is 7.24. The molecule has 2 aromatic carbocycles. The van der Waals surface area contributed by atoms with Gasteiger partial charge in [-0.3, -0.25) is 0 Å². The molecule has 1 aliphatic rings. The lowest BCUT2D eigenvalue weighted by atomic mass is 9.86. The SMILES string of the molecule is CCc1cccc2c1-c1ccccc1C=CC2CC. The van der Waals surface area contributed by atoms with Crippen LogP contribution in [0.25, 0.3) is 17.2 Å². The molecule has 0 aromatic heterocycles. The van der Waals surface area contributed by atoms with Crippen molar-refractivity contribution in [2.75, 3.05) is 0 Å². The van der Waals surface area contributed by atoms with E-state index in [0.29, 0.717) is 5.92 Å². The summed E-state index contributed by atoms with van der Waals surface area (Å²) in [5.74, 6) is 0.536. The zero-order valence-electron chi connectivity index (χ0n) is 11.7. The standard InChI is InChI=1S/C19H20/c1-3-14-12-13-16-8-5-6-10-18(16)19-15(4-2)9-7-11-17(14)19/h5-14H,3-4H2,1-2H3. The lowest BCUT2D eigenvalue weighted by molar-refractivity contribution is 0.810. The van der Waals surface area contributed by atoms with E-state index in [2.05, 4.69) is 68.5 Å². The van der Waals surface area contributed by atoms with E-state index in [1.54, 1.807) is 0 Å². The predicted octanol–water partition coefficient (Wildman–Crippen LogP) is 5.44. The highest BCUT2D eigenvalue weighted by Gasteiger charge is 2.19. The number of rotatable bonds is 2. The summed E-state index contributed by atoms with van der Waals surface area (Å²) >= 11 is 0. The van der Waals surface area contributed by atoms with Crippen LogP contribution in [0.1, 0.15) is 42.9 Å². The van der Waals surface area contributed by atoms with Gasteiger partial charge in [0.1, 0.15) is 0 Å². The molecule has 0 aliphatic heterocycles. The number of hydrogen-bond donors (Lipinski definition) is 0. The van der Waals surface area contributed by atoms with Crippen molar-refractivity contribution in [1.82, 2.24) is 0 Å². The molecule has 0 radical (unpaired) electrons. The van der Waals surface area contributed by atoms with Crippen molar-refractivity contribution in [2.24, 2.45) is 0 Å². The smallest absolute Gasteiger partial charge is 0.00249 e. The maximum Gasteiger partial charge on any atom is 0.00249 e. The number of hydrogen-bond acceptors (Lipinski definition) is 0. The van der Waals surface area contributed by atoms with Crippen molar-refractivity contribution in [1.29, 1.82) is 0 Å². The molecule has 0 bridgehead atoms. The van der Waals surface area contributed by atoms with Gasteiger partial charge in [-0.05, 0) is 40.7 Å². The third-order valence-electron chi connectivity index (χ3n) is 4.14. The minimum Gasteiger partial charge on any atom is -0.0764 e. The summed E-state index contributed by atoms with van der Waals surface area (Å²) in [4.78, 5) is 0. The maximum absolute atomic E-state index is 2.37. The highest BCUT2D eigenvalue weighted by molar-refractivity contribution is 5.82. The Hall–Kier alpha value is -1.82. The van der Waals surface area contributed by atoms with Crippen molar-refractivity contribution < 1.29 is 0 Å². The van der Waals surface area contributed by atoms with E-state index >= 15 is 0 Å². The number of benzene rings is 2. The van der Waals surface area contributed by atoms with Gasteiger partial charge in [0.25, 0.3) is 0 Å². The van der Waals surface area contributed by atoms with Crippen LogP contribution in [-0.4, -0.2) is 0 Å². The number of aryl methyl sites for hydroxylation is 1. The molecule has 1 atom stereocenters. The summed E-state index contributed by atoms with van der Waals surface area (Å²) in [7, 11) is 0. The second-order valence-electron chi connectivity index (χ2n) is 5.20. The van der Waals surface area contributed by atoms with Crippen LogP contribution >= 0.6 is 0 Å². The topological polar surface area (TPSA) is 0 Å². The molecule has 0 N–H and O–H groups in total. The molecule has 0 nitrogen and oxygen atoms in total. The van der Waals surface area contributed by atoms with Gasteiger partial charge in [0.2, 0.25) is 0 Å². The average molecular weight is 248 g/mol. The molecule has 0 amide bonds. The van der Waals surface area contributed by atoms with Crippen LogP contribution < -0.4 is 0 Å². The van der Waals surface area contributed by atoms with Crippen LogP contribution in [0, 0.1) is 0 Å². The lowest BCUT2D eigenvalue weighted by Gasteiger charge is -2.18. The molecule has 19 heavy (non-hydrogen) atoms. The van der Waals surface area contributed by atoms with Gasteiger partial charge in [0.15, 0.2) is 0 Å². The van der Waals surface area contributed by atoms with Crippen molar-refractivity contribution in [2.45, 2.75) is 32.6 Å². The van der Waals surface area contributed by atoms with Crippen molar-refractivity contribution in [3.8, 4) is 11.1 Å². The van der Waals surface area contributed by atoms with E-state index in [-0.39, 0.29) is 0 Å². The normalized spacial score (nSPS) is 16.6. The van der Waals surface area contributed by atoms with E-state index in [1.165, 1.54) is 27.8 Å². The maximum atomic E-state index is 2.37. The molecule has 1 aliphatic carbocycles. The minimum absolute atomic E-state index is 0.536. The second-order valence-corrected chi connectivity index (χ2v) is 5.20. The Morgan fingerprint density at radius 3 is 2.58 bits per heavy atom. The van der Waals surface area contributed by atoms with Gasteiger partial charge in [-0.15, -0.1) is 0 Å². The Morgan fingerprint density at radius 2 is 1.79 bits per heavy atom. The Balaban J connectivity index is 2.34. The van der Waals surface area contributed by atoms with Gasteiger partial charge in [-0.2, -0.15) is 0 Å². The fourth-order valence-electron chi connectivity index (χ4n) is 3.10. The highest BCUT2D eigenvalue weighted by Crippen LogP contribution is 2.39. The van der Waals surface area contributed by atoms with Crippen LogP contribution in [0.4, 0.5) is 0 Å². The van der Waals surface area contributed by atoms with E-state index in [4.69, 9.17) is 0 Å². The van der Waals surface area contributed by atoms with E-state index in [1.807, 2.05) is 0 Å². The van der Waals surface area contributed by atoms with Crippen LogP contribution in [0.3, 0.4) is 0 Å². The molecule has 0 spiro atoms. The van der Waals surface area contributed by atoms with Crippen molar-refractivity contribution >= 4 is 6.08 Å². The van der Waals surface area contributed by atoms with Gasteiger partial charge in [-0.1, -0.05) is 68.5 Å². The van der Waals surface area contributed by atoms with Gasteiger partial charge in [0, 0.05) is 5.92 Å². The first-order chi connectivity index (χ1) is 9.35. The lowest BCUT2D eigenvalue weighted by Crippen LogP contribution is -1.99. The average Bonchev–Trinajstić information content (AvgIpc) is 2.63. The molecule has 0 heteroatoms. The third kappa shape index (κ3) is 2.02. The van der Waals surface area contributed by atoms with Crippen LogP contribution in [0.15, 0.2) is 48.5 Å². The largest absolute Gasteiger partial charge is 0.0764 e. The highest BCUT2D eigenvalue weighted by atomic mass is 14.2. The summed E-state index contributed by atoms with van der Waals surface area (Å²) in [6, 6.07) is 15.5. The van der Waals surface area contributed by atoms with Crippen LogP contribution in [0.5, 0.6) is 0 Å².